The van der Waals surface area contributed by atoms with E-state index in [-0.39, 0.29) is 21.4 Å². The number of thiophene rings is 1. The molecule has 0 saturated heterocycles. The van der Waals surface area contributed by atoms with Crippen molar-refractivity contribution < 1.29 is 8.78 Å². The molecule has 0 N–H and O–H groups in total. The second-order valence-corrected chi connectivity index (χ2v) is 4.35. The monoisotopic (exact) mass is 271 g/mol. The van der Waals surface area contributed by atoms with Crippen molar-refractivity contribution in [1.82, 2.24) is 9.97 Å². The molecular weight excluding hydrogens is 268 g/mol. The molecule has 2 aromatic rings. The van der Waals surface area contributed by atoms with Crippen LogP contribution in [0, 0.1) is 11.3 Å². The van der Waals surface area contributed by atoms with Crippen molar-refractivity contribution in [2.45, 2.75) is 6.43 Å². The van der Waals surface area contributed by atoms with Gasteiger partial charge in [0.25, 0.3) is 6.43 Å². The zero-order valence-corrected chi connectivity index (χ0v) is 9.77. The van der Waals surface area contributed by atoms with Crippen LogP contribution in [-0.2, 0) is 0 Å². The van der Waals surface area contributed by atoms with E-state index < -0.39 is 6.43 Å². The highest BCUT2D eigenvalue weighted by Gasteiger charge is 2.13. The van der Waals surface area contributed by atoms with E-state index in [0.717, 1.165) is 11.3 Å². The molecule has 0 aliphatic heterocycles. The van der Waals surface area contributed by atoms with E-state index in [2.05, 4.69) is 9.97 Å². The first-order chi connectivity index (χ1) is 8.11. The van der Waals surface area contributed by atoms with Crippen molar-refractivity contribution in [3.8, 4) is 17.5 Å². The Morgan fingerprint density at radius 2 is 2.24 bits per heavy atom. The molecule has 17 heavy (non-hydrogen) atoms. The Balaban J connectivity index is 2.40. The maximum Gasteiger partial charge on any atom is 0.272 e. The van der Waals surface area contributed by atoms with Gasteiger partial charge in [0.2, 0.25) is 0 Å². The van der Waals surface area contributed by atoms with Gasteiger partial charge in [0.1, 0.15) is 11.6 Å². The van der Waals surface area contributed by atoms with Crippen LogP contribution in [0.25, 0.3) is 11.4 Å². The molecule has 0 amide bonds. The number of rotatable bonds is 2. The topological polar surface area (TPSA) is 49.6 Å². The van der Waals surface area contributed by atoms with Crippen molar-refractivity contribution in [2.75, 3.05) is 0 Å². The third kappa shape index (κ3) is 2.40. The first kappa shape index (κ1) is 11.9. The van der Waals surface area contributed by atoms with Crippen molar-refractivity contribution in [1.29, 1.82) is 5.26 Å². The van der Waals surface area contributed by atoms with E-state index in [9.17, 15) is 8.78 Å². The van der Waals surface area contributed by atoms with Gasteiger partial charge in [-0.3, -0.25) is 0 Å². The summed E-state index contributed by atoms with van der Waals surface area (Å²) < 4.78 is 24.8. The Kier molecular flexibility index (Phi) is 3.31. The highest BCUT2D eigenvalue weighted by Crippen LogP contribution is 2.30. The molecule has 0 spiro atoms. The summed E-state index contributed by atoms with van der Waals surface area (Å²) in [6, 6.07) is 3.14. The van der Waals surface area contributed by atoms with E-state index in [1.807, 2.05) is 6.07 Å². The van der Waals surface area contributed by atoms with E-state index in [1.54, 1.807) is 0 Å². The first-order valence-electron chi connectivity index (χ1n) is 4.41. The van der Waals surface area contributed by atoms with E-state index in [1.165, 1.54) is 17.6 Å². The summed E-state index contributed by atoms with van der Waals surface area (Å²) in [4.78, 5) is 7.73. The van der Waals surface area contributed by atoms with Gasteiger partial charge in [-0.2, -0.15) is 5.26 Å². The van der Waals surface area contributed by atoms with Crippen LogP contribution in [0.15, 0.2) is 17.6 Å². The normalized spacial score (nSPS) is 10.5. The fraction of sp³-hybridized carbons (Fsp3) is 0.100. The predicted octanol–water partition coefficient (Wildman–Crippen LogP) is 3.67. The maximum absolute atomic E-state index is 12.4. The minimum Gasteiger partial charge on any atom is -0.235 e. The van der Waals surface area contributed by atoms with Gasteiger partial charge in [-0.25, -0.2) is 18.7 Å². The number of aromatic nitrogens is 2. The van der Waals surface area contributed by atoms with E-state index >= 15 is 0 Å². The van der Waals surface area contributed by atoms with E-state index in [4.69, 9.17) is 16.9 Å². The number of alkyl halides is 2. The second kappa shape index (κ2) is 4.73. The van der Waals surface area contributed by atoms with Crippen molar-refractivity contribution in [3.63, 3.8) is 0 Å². The van der Waals surface area contributed by atoms with Crippen molar-refractivity contribution >= 4 is 22.9 Å². The average Bonchev–Trinajstić information content (AvgIpc) is 2.78. The molecule has 0 aliphatic rings. The zero-order chi connectivity index (χ0) is 12.4. The van der Waals surface area contributed by atoms with Crippen LogP contribution in [0.1, 0.15) is 16.9 Å². The molecule has 0 radical (unpaired) electrons. The lowest BCUT2D eigenvalue weighted by molar-refractivity contribution is 0.155. The van der Waals surface area contributed by atoms with Crippen molar-refractivity contribution in [3.05, 3.63) is 33.2 Å². The standard InChI is InChI=1S/C10H4ClF2N3S/c11-8-6(2-14)3-15-10(16-8)5-1-7(9(12)13)17-4-5/h1,3-4,9H. The molecule has 86 valence electrons. The molecule has 0 unspecified atom stereocenters. The molecule has 2 heterocycles. The van der Waals surface area contributed by atoms with Gasteiger partial charge in [-0.05, 0) is 6.07 Å². The summed E-state index contributed by atoms with van der Waals surface area (Å²) in [6.45, 7) is 0. The average molecular weight is 272 g/mol. The molecule has 2 rings (SSSR count). The minimum absolute atomic E-state index is 0.0160. The molecule has 0 atom stereocenters. The largest absolute Gasteiger partial charge is 0.272 e. The summed E-state index contributed by atoms with van der Waals surface area (Å²) in [6.07, 6.45) is -1.24. The van der Waals surface area contributed by atoms with Crippen LogP contribution in [0.5, 0.6) is 0 Å². The van der Waals surface area contributed by atoms with Crippen LogP contribution < -0.4 is 0 Å². The van der Waals surface area contributed by atoms with Gasteiger partial charge < -0.3 is 0 Å². The van der Waals surface area contributed by atoms with Crippen LogP contribution in [0.3, 0.4) is 0 Å². The Morgan fingerprint density at radius 1 is 1.47 bits per heavy atom. The lowest BCUT2D eigenvalue weighted by Gasteiger charge is -1.97. The summed E-state index contributed by atoms with van der Waals surface area (Å²) >= 11 is 6.66. The third-order valence-corrected chi connectivity index (χ3v) is 3.18. The second-order valence-electron chi connectivity index (χ2n) is 3.05. The Hall–Kier alpha value is -1.58. The summed E-state index contributed by atoms with van der Waals surface area (Å²) in [7, 11) is 0. The fourth-order valence-corrected chi connectivity index (χ4v) is 2.07. The molecule has 7 heteroatoms. The smallest absolute Gasteiger partial charge is 0.235 e. The van der Waals surface area contributed by atoms with Crippen LogP contribution in [-0.4, -0.2) is 9.97 Å². The molecule has 3 nitrogen and oxygen atoms in total. The van der Waals surface area contributed by atoms with Crippen LogP contribution >= 0.6 is 22.9 Å². The molecular formula is C10H4ClF2N3S. The zero-order valence-electron chi connectivity index (χ0n) is 8.19. The highest BCUT2D eigenvalue weighted by atomic mass is 35.5. The van der Waals surface area contributed by atoms with E-state index in [0.29, 0.717) is 5.56 Å². The Morgan fingerprint density at radius 3 is 2.76 bits per heavy atom. The lowest BCUT2D eigenvalue weighted by atomic mass is 10.3. The number of hydrogen-bond acceptors (Lipinski definition) is 4. The first-order valence-corrected chi connectivity index (χ1v) is 5.67. The van der Waals surface area contributed by atoms with Crippen molar-refractivity contribution in [2.24, 2.45) is 0 Å². The number of nitrogens with zero attached hydrogens (tertiary/aromatic N) is 3. The lowest BCUT2D eigenvalue weighted by Crippen LogP contribution is -1.90. The van der Waals surface area contributed by atoms with Gasteiger partial charge in [-0.15, -0.1) is 11.3 Å². The molecule has 0 saturated carbocycles. The summed E-state index contributed by atoms with van der Waals surface area (Å²) in [5.74, 6) is 0.233. The Labute approximate surface area is 104 Å². The third-order valence-electron chi connectivity index (χ3n) is 1.96. The van der Waals surface area contributed by atoms with Crippen LogP contribution in [0.4, 0.5) is 8.78 Å². The fourth-order valence-electron chi connectivity index (χ4n) is 1.16. The van der Waals surface area contributed by atoms with Gasteiger partial charge >= 0.3 is 0 Å². The number of nitriles is 1. The van der Waals surface area contributed by atoms with Gasteiger partial charge in [-0.1, -0.05) is 11.6 Å². The van der Waals surface area contributed by atoms with Gasteiger partial charge in [0, 0.05) is 10.9 Å². The highest BCUT2D eigenvalue weighted by molar-refractivity contribution is 7.10. The van der Waals surface area contributed by atoms with Gasteiger partial charge in [0.05, 0.1) is 11.1 Å². The predicted molar refractivity (Wildman–Crippen MR) is 60.0 cm³/mol. The molecule has 0 bridgehead atoms. The van der Waals surface area contributed by atoms with Gasteiger partial charge in [0.15, 0.2) is 11.0 Å². The molecule has 0 aromatic carbocycles. The number of hydrogen-bond donors (Lipinski definition) is 0. The molecule has 2 aromatic heterocycles. The number of halogens is 3. The summed E-state index contributed by atoms with van der Waals surface area (Å²) in [5.41, 5.74) is 0.622. The molecule has 0 aliphatic carbocycles. The minimum atomic E-state index is -2.51. The summed E-state index contributed by atoms with van der Waals surface area (Å²) in [5, 5.41) is 10.2. The van der Waals surface area contributed by atoms with Crippen LogP contribution in [0.2, 0.25) is 5.15 Å². The maximum atomic E-state index is 12.4. The SMILES string of the molecule is N#Cc1cnc(-c2csc(C(F)F)c2)nc1Cl. The molecule has 0 fully saturated rings. The quantitative estimate of drug-likeness (QED) is 0.783. The Bertz CT molecular complexity index is 591.